The zero-order valence-electron chi connectivity index (χ0n) is 10.0. The Morgan fingerprint density at radius 3 is 2.44 bits per heavy atom. The van der Waals surface area contributed by atoms with E-state index in [1.54, 1.807) is 12.3 Å². The predicted molar refractivity (Wildman–Crippen MR) is 66.0 cm³/mol. The lowest BCUT2D eigenvalue weighted by atomic mass is 9.98. The van der Waals surface area contributed by atoms with Crippen LogP contribution in [0.2, 0.25) is 0 Å². The lowest BCUT2D eigenvalue weighted by Gasteiger charge is -2.14. The molecule has 2 N–H and O–H groups in total. The second-order valence-electron chi connectivity index (χ2n) is 4.19. The summed E-state index contributed by atoms with van der Waals surface area (Å²) in [5.74, 6) is -1.13. The highest BCUT2D eigenvalue weighted by molar-refractivity contribution is 5.27. The fraction of sp³-hybridized carbons (Fsp3) is 0.214. The molecular formula is C14H14F2N2. The molecule has 1 aromatic heterocycles. The third-order valence-corrected chi connectivity index (χ3v) is 2.93. The molecule has 0 fully saturated rings. The number of nitrogens with zero attached hydrogens (tertiary/aromatic N) is 1. The van der Waals surface area contributed by atoms with Gasteiger partial charge in [-0.15, -0.1) is 0 Å². The van der Waals surface area contributed by atoms with Gasteiger partial charge in [0.05, 0.1) is 0 Å². The molecular weight excluding hydrogens is 234 g/mol. The topological polar surface area (TPSA) is 38.9 Å². The summed E-state index contributed by atoms with van der Waals surface area (Å²) in [7, 11) is 0. The largest absolute Gasteiger partial charge is 0.324 e. The lowest BCUT2D eigenvalue weighted by Crippen LogP contribution is -2.16. The van der Waals surface area contributed by atoms with Crippen LogP contribution < -0.4 is 5.73 Å². The molecule has 94 valence electrons. The van der Waals surface area contributed by atoms with Gasteiger partial charge >= 0.3 is 0 Å². The predicted octanol–water partition coefficient (Wildman–Crippen LogP) is 2.91. The number of hydrogen-bond acceptors (Lipinski definition) is 2. The maximum Gasteiger partial charge on any atom is 0.129 e. The molecule has 1 atom stereocenters. The minimum atomic E-state index is -0.563. The van der Waals surface area contributed by atoms with E-state index in [1.807, 2.05) is 13.0 Å². The highest BCUT2D eigenvalue weighted by Crippen LogP contribution is 2.21. The van der Waals surface area contributed by atoms with Gasteiger partial charge in [0, 0.05) is 23.5 Å². The van der Waals surface area contributed by atoms with E-state index in [2.05, 4.69) is 4.98 Å². The van der Waals surface area contributed by atoms with Gasteiger partial charge in [-0.25, -0.2) is 8.78 Å². The second kappa shape index (κ2) is 5.23. The van der Waals surface area contributed by atoms with E-state index in [9.17, 15) is 8.78 Å². The van der Waals surface area contributed by atoms with Crippen molar-refractivity contribution in [2.24, 2.45) is 5.73 Å². The Balaban J connectivity index is 2.27. The Kier molecular flexibility index (Phi) is 3.67. The van der Waals surface area contributed by atoms with Gasteiger partial charge in [-0.2, -0.15) is 0 Å². The number of aryl methyl sites for hydroxylation is 1. The van der Waals surface area contributed by atoms with Crippen LogP contribution in [0.5, 0.6) is 0 Å². The number of pyridine rings is 1. The lowest BCUT2D eigenvalue weighted by molar-refractivity contribution is 0.539. The molecule has 1 aromatic carbocycles. The normalized spacial score (nSPS) is 12.4. The van der Waals surface area contributed by atoms with E-state index < -0.39 is 17.7 Å². The maximum atomic E-state index is 13.5. The minimum absolute atomic E-state index is 0.0215. The summed E-state index contributed by atoms with van der Waals surface area (Å²) in [5, 5.41) is 0. The average molecular weight is 248 g/mol. The third kappa shape index (κ3) is 2.54. The average Bonchev–Trinajstić information content (AvgIpc) is 2.34. The fourth-order valence-electron chi connectivity index (χ4n) is 1.95. The first-order chi connectivity index (χ1) is 8.59. The molecule has 0 aliphatic rings. The van der Waals surface area contributed by atoms with Crippen LogP contribution in [0.25, 0.3) is 0 Å². The molecule has 2 nitrogen and oxygen atoms in total. The third-order valence-electron chi connectivity index (χ3n) is 2.93. The van der Waals surface area contributed by atoms with Crippen molar-refractivity contribution in [3.8, 4) is 0 Å². The number of rotatable bonds is 3. The summed E-state index contributed by atoms with van der Waals surface area (Å²) in [5.41, 5.74) is 7.60. The van der Waals surface area contributed by atoms with E-state index in [-0.39, 0.29) is 12.0 Å². The molecule has 1 heterocycles. The van der Waals surface area contributed by atoms with Crippen molar-refractivity contribution in [2.45, 2.75) is 19.4 Å². The molecule has 0 spiro atoms. The number of hydrogen-bond donors (Lipinski definition) is 1. The van der Waals surface area contributed by atoms with E-state index >= 15 is 0 Å². The second-order valence-corrected chi connectivity index (χ2v) is 4.19. The van der Waals surface area contributed by atoms with E-state index in [0.717, 1.165) is 11.3 Å². The zero-order chi connectivity index (χ0) is 13.1. The van der Waals surface area contributed by atoms with Crippen LogP contribution in [0.4, 0.5) is 8.78 Å². The summed E-state index contributed by atoms with van der Waals surface area (Å²) in [6.45, 7) is 1.83. The van der Waals surface area contributed by atoms with E-state index in [1.165, 1.54) is 18.2 Å². The van der Waals surface area contributed by atoms with E-state index in [0.29, 0.717) is 0 Å². The van der Waals surface area contributed by atoms with Crippen LogP contribution in [-0.2, 0) is 6.42 Å². The van der Waals surface area contributed by atoms with Crippen molar-refractivity contribution < 1.29 is 8.78 Å². The molecule has 0 bridgehead atoms. The molecule has 1 unspecified atom stereocenters. The number of benzene rings is 1. The summed E-state index contributed by atoms with van der Waals surface area (Å²) in [4.78, 5) is 4.12. The van der Waals surface area contributed by atoms with Crippen molar-refractivity contribution in [2.75, 3.05) is 0 Å². The first kappa shape index (κ1) is 12.6. The highest BCUT2D eigenvalue weighted by Gasteiger charge is 2.15. The van der Waals surface area contributed by atoms with Crippen molar-refractivity contribution in [3.05, 3.63) is 65.0 Å². The Morgan fingerprint density at radius 1 is 1.17 bits per heavy atom. The summed E-state index contributed by atoms with van der Waals surface area (Å²) in [6, 6.07) is 6.94. The Bertz CT molecular complexity index is 535. The number of aromatic nitrogens is 1. The zero-order valence-corrected chi connectivity index (χ0v) is 10.0. The van der Waals surface area contributed by atoms with Gasteiger partial charge in [0.2, 0.25) is 0 Å². The van der Waals surface area contributed by atoms with Gasteiger partial charge in [-0.3, -0.25) is 4.98 Å². The van der Waals surface area contributed by atoms with Crippen LogP contribution in [-0.4, -0.2) is 4.98 Å². The molecule has 4 heteroatoms. The first-order valence-corrected chi connectivity index (χ1v) is 5.69. The SMILES string of the molecule is Cc1ncccc1C(N)Cc1c(F)cccc1F. The maximum absolute atomic E-state index is 13.5. The van der Waals surface area contributed by atoms with Crippen molar-refractivity contribution in [1.29, 1.82) is 0 Å². The smallest absolute Gasteiger partial charge is 0.129 e. The van der Waals surface area contributed by atoms with E-state index in [4.69, 9.17) is 5.73 Å². The molecule has 0 aliphatic carbocycles. The summed E-state index contributed by atoms with van der Waals surface area (Å²) in [6.07, 6.45) is 1.78. The number of halogens is 2. The molecule has 0 amide bonds. The van der Waals surface area contributed by atoms with Crippen molar-refractivity contribution in [3.63, 3.8) is 0 Å². The van der Waals surface area contributed by atoms with Crippen LogP contribution in [0.1, 0.15) is 22.9 Å². The molecule has 2 rings (SSSR count). The van der Waals surface area contributed by atoms with Gasteiger partial charge < -0.3 is 5.73 Å². The molecule has 0 saturated carbocycles. The Labute approximate surface area is 104 Å². The van der Waals surface area contributed by atoms with Gasteiger partial charge in [0.25, 0.3) is 0 Å². The van der Waals surface area contributed by atoms with Crippen LogP contribution in [0.3, 0.4) is 0 Å². The standard InChI is InChI=1S/C14H14F2N2/c1-9-10(4-3-7-18-9)14(17)8-11-12(15)5-2-6-13(11)16/h2-7,14H,8,17H2,1H3. The molecule has 18 heavy (non-hydrogen) atoms. The van der Waals surface area contributed by atoms with Crippen molar-refractivity contribution in [1.82, 2.24) is 4.98 Å². The number of nitrogens with two attached hydrogens (primary N) is 1. The monoisotopic (exact) mass is 248 g/mol. The summed E-state index contributed by atoms with van der Waals surface area (Å²) < 4.78 is 27.0. The van der Waals surface area contributed by atoms with Gasteiger partial charge in [0.15, 0.2) is 0 Å². The molecule has 0 saturated heterocycles. The molecule has 0 radical (unpaired) electrons. The van der Waals surface area contributed by atoms with Gasteiger partial charge in [0.1, 0.15) is 11.6 Å². The fourth-order valence-corrected chi connectivity index (χ4v) is 1.95. The Hall–Kier alpha value is -1.81. The molecule has 2 aromatic rings. The first-order valence-electron chi connectivity index (χ1n) is 5.69. The quantitative estimate of drug-likeness (QED) is 0.907. The highest BCUT2D eigenvalue weighted by atomic mass is 19.1. The summed E-state index contributed by atoms with van der Waals surface area (Å²) >= 11 is 0. The van der Waals surface area contributed by atoms with Crippen LogP contribution in [0.15, 0.2) is 36.5 Å². The molecule has 0 aliphatic heterocycles. The van der Waals surface area contributed by atoms with Gasteiger partial charge in [-0.05, 0) is 37.1 Å². The Morgan fingerprint density at radius 2 is 1.83 bits per heavy atom. The van der Waals surface area contributed by atoms with Gasteiger partial charge in [-0.1, -0.05) is 12.1 Å². The minimum Gasteiger partial charge on any atom is -0.324 e. The van der Waals surface area contributed by atoms with Crippen LogP contribution >= 0.6 is 0 Å². The van der Waals surface area contributed by atoms with Crippen molar-refractivity contribution >= 4 is 0 Å². The van der Waals surface area contributed by atoms with Crippen LogP contribution in [0, 0.1) is 18.6 Å².